The minimum atomic E-state index is -2.09. The molecule has 0 heterocycles. The third kappa shape index (κ3) is 5.90. The molecular formula is C38H40Cl2SiZr. The predicted molar refractivity (Wildman–Crippen MR) is 173 cm³/mol. The summed E-state index contributed by atoms with van der Waals surface area (Å²) in [4.78, 5) is 0. The third-order valence-corrected chi connectivity index (χ3v) is 28.7. The molecule has 0 aromatic heterocycles. The average molecular weight is 687 g/mol. The van der Waals surface area contributed by atoms with Crippen LogP contribution in [0.15, 0.2) is 83.9 Å². The van der Waals surface area contributed by atoms with Crippen molar-refractivity contribution in [3.8, 4) is 22.3 Å². The van der Waals surface area contributed by atoms with Crippen molar-refractivity contribution in [1.82, 2.24) is 0 Å². The summed E-state index contributed by atoms with van der Waals surface area (Å²) in [6.45, 7) is 19.0. The minimum Gasteiger partial charge on any atom is -1.00 e. The number of aryl methyl sites for hydroxylation is 4. The van der Waals surface area contributed by atoms with Crippen LogP contribution in [0, 0.1) is 27.7 Å². The van der Waals surface area contributed by atoms with Gasteiger partial charge in [-0.3, -0.25) is 0 Å². The monoisotopic (exact) mass is 684 g/mol. The van der Waals surface area contributed by atoms with Gasteiger partial charge >= 0.3 is 251 Å². The molecule has 0 N–H and O–H groups in total. The summed E-state index contributed by atoms with van der Waals surface area (Å²) in [6, 6.07) is 28.3. The van der Waals surface area contributed by atoms with Gasteiger partial charge in [-0.05, 0) is 0 Å². The first-order valence-corrected chi connectivity index (χ1v) is 23.6. The molecule has 2 aliphatic carbocycles. The fraction of sp³-hybridized carbons (Fsp3) is 0.263. The van der Waals surface area contributed by atoms with E-state index in [-0.39, 0.29) is 24.8 Å². The minimum absolute atomic E-state index is 0. The van der Waals surface area contributed by atoms with E-state index in [1.807, 2.05) is 0 Å². The molecule has 6 rings (SSSR count). The standard InChI is InChI=1S/2C18H17.C2H6Si.2ClH.Zr/c2*1-12-7-13(2)10-16(9-12)17-6-4-5-15-8-14(3)11-18(15)17;1-3-2;;;/h2*4-11H,1-3H3;1-2H3;2*1H;/q;;;;;+2/p-2. The van der Waals surface area contributed by atoms with E-state index >= 15 is 0 Å². The molecule has 0 spiro atoms. The second-order valence-electron chi connectivity index (χ2n) is 12.5. The first-order valence-electron chi connectivity index (χ1n) is 14.6. The summed E-state index contributed by atoms with van der Waals surface area (Å²) in [5, 5.41) is 0. The summed E-state index contributed by atoms with van der Waals surface area (Å²) in [7, 11) is 0. The molecule has 0 saturated heterocycles. The molecule has 2 unspecified atom stereocenters. The van der Waals surface area contributed by atoms with Gasteiger partial charge in [-0.2, -0.15) is 0 Å². The molecule has 214 valence electrons. The quantitative estimate of drug-likeness (QED) is 0.272. The molecule has 0 nitrogen and oxygen atoms in total. The van der Waals surface area contributed by atoms with E-state index in [9.17, 15) is 0 Å². The molecule has 0 aliphatic heterocycles. The number of hydrogen-bond acceptors (Lipinski definition) is 0. The Hall–Kier alpha value is -1.96. The second kappa shape index (κ2) is 13.0. The molecule has 4 aromatic rings. The molecule has 4 aromatic carbocycles. The summed E-state index contributed by atoms with van der Waals surface area (Å²) < 4.78 is 1.30. The molecular weight excluding hydrogens is 647 g/mol. The Kier molecular flexibility index (Phi) is 10.2. The molecule has 42 heavy (non-hydrogen) atoms. The summed E-state index contributed by atoms with van der Waals surface area (Å²) in [5.74, 6) is 0. The van der Waals surface area contributed by atoms with Gasteiger partial charge in [-0.25, -0.2) is 0 Å². The Balaban J connectivity index is 0.00000202. The largest absolute Gasteiger partial charge is 1.00 e. The van der Waals surface area contributed by atoms with Crippen LogP contribution in [-0.4, -0.2) is 5.43 Å². The Morgan fingerprint density at radius 3 is 1.21 bits per heavy atom. The Bertz CT molecular complexity index is 1620. The van der Waals surface area contributed by atoms with Crippen molar-refractivity contribution in [3.05, 3.63) is 128 Å². The Labute approximate surface area is 273 Å². The van der Waals surface area contributed by atoms with Gasteiger partial charge in [0.2, 0.25) is 0 Å². The van der Waals surface area contributed by atoms with Crippen LogP contribution in [0.2, 0.25) is 13.1 Å². The molecule has 2 atom stereocenters. The van der Waals surface area contributed by atoms with Crippen LogP contribution in [0.25, 0.3) is 34.4 Å². The zero-order valence-corrected chi connectivity index (χ0v) is 31.0. The normalized spacial score (nSPS) is 16.3. The average Bonchev–Trinajstić information content (AvgIpc) is 3.39. The molecule has 2 aliphatic rings. The van der Waals surface area contributed by atoms with Gasteiger partial charge < -0.3 is 24.8 Å². The predicted octanol–water partition coefficient (Wildman–Crippen LogP) is 4.75. The van der Waals surface area contributed by atoms with E-state index in [0.29, 0.717) is 7.25 Å². The zero-order valence-electron chi connectivity index (χ0n) is 26.0. The van der Waals surface area contributed by atoms with Crippen molar-refractivity contribution in [3.63, 3.8) is 0 Å². The van der Waals surface area contributed by atoms with Crippen LogP contribution in [0.4, 0.5) is 0 Å². The molecule has 4 heteroatoms. The summed E-state index contributed by atoms with van der Waals surface area (Å²) in [6.07, 6.45) is 5.11. The van der Waals surface area contributed by atoms with Crippen molar-refractivity contribution in [2.45, 2.75) is 61.9 Å². The smallest absolute Gasteiger partial charge is 1.00 e. The Morgan fingerprint density at radius 2 is 0.881 bits per heavy atom. The van der Waals surface area contributed by atoms with Crippen LogP contribution in [0.1, 0.15) is 65.6 Å². The van der Waals surface area contributed by atoms with Gasteiger partial charge in [-0.1, -0.05) is 0 Å². The van der Waals surface area contributed by atoms with Gasteiger partial charge in [0.15, 0.2) is 0 Å². The van der Waals surface area contributed by atoms with Crippen molar-refractivity contribution in [2.75, 3.05) is 0 Å². The SMILES string of the molecule is CC1=Cc2c(-c3cc(C)cc(C)c3)cccc2[CH]1[Zr+2]([CH]1C(C)=Cc2c(-c3cc(C)cc(C)c3)cccc21)=[Si](C)C.[Cl-].[Cl-]. The molecule has 0 saturated carbocycles. The van der Waals surface area contributed by atoms with Crippen LogP contribution in [0.5, 0.6) is 0 Å². The molecule has 0 bridgehead atoms. The van der Waals surface area contributed by atoms with Crippen LogP contribution >= 0.6 is 0 Å². The van der Waals surface area contributed by atoms with Crippen molar-refractivity contribution in [1.29, 1.82) is 0 Å². The van der Waals surface area contributed by atoms with Crippen molar-refractivity contribution < 1.29 is 45.2 Å². The number of hydrogen-bond donors (Lipinski definition) is 0. The fourth-order valence-corrected chi connectivity index (χ4v) is 28.2. The van der Waals surface area contributed by atoms with Crippen molar-refractivity contribution >= 4 is 17.6 Å². The zero-order chi connectivity index (χ0) is 28.3. The van der Waals surface area contributed by atoms with Crippen LogP contribution < -0.4 is 24.8 Å². The van der Waals surface area contributed by atoms with E-state index < -0.39 is 25.8 Å². The van der Waals surface area contributed by atoms with Gasteiger partial charge in [0, 0.05) is 0 Å². The van der Waals surface area contributed by atoms with E-state index in [1.165, 1.54) is 55.6 Å². The topological polar surface area (TPSA) is 0 Å². The van der Waals surface area contributed by atoms with E-state index in [4.69, 9.17) is 0 Å². The van der Waals surface area contributed by atoms with Gasteiger partial charge in [0.05, 0.1) is 0 Å². The molecule has 0 amide bonds. The summed E-state index contributed by atoms with van der Waals surface area (Å²) >= 11 is -2.09. The number of allylic oxidation sites excluding steroid dienone is 2. The fourth-order valence-electron chi connectivity index (χ4n) is 7.44. The van der Waals surface area contributed by atoms with Crippen molar-refractivity contribution in [2.24, 2.45) is 0 Å². The van der Waals surface area contributed by atoms with Gasteiger partial charge in [0.25, 0.3) is 0 Å². The van der Waals surface area contributed by atoms with E-state index in [1.54, 1.807) is 22.3 Å². The van der Waals surface area contributed by atoms with E-state index in [0.717, 1.165) is 0 Å². The summed E-state index contributed by atoms with van der Waals surface area (Å²) in [5.41, 5.74) is 19.9. The maximum Gasteiger partial charge on any atom is -1.00 e. The van der Waals surface area contributed by atoms with E-state index in [2.05, 4.69) is 140 Å². The van der Waals surface area contributed by atoms with Gasteiger partial charge in [0.1, 0.15) is 0 Å². The molecule has 0 fully saturated rings. The maximum atomic E-state index is 2.62. The number of rotatable bonds is 4. The Morgan fingerprint density at radius 1 is 0.524 bits per heavy atom. The first kappa shape index (κ1) is 32.9. The maximum absolute atomic E-state index is 2.62. The first-order chi connectivity index (χ1) is 19.1. The number of fused-ring (bicyclic) bond motifs is 2. The number of benzene rings is 4. The van der Waals surface area contributed by atoms with Crippen LogP contribution in [0.3, 0.4) is 0 Å². The second-order valence-corrected chi connectivity index (χ2v) is 30.3. The number of halogens is 2. The molecule has 0 radical (unpaired) electrons. The third-order valence-electron chi connectivity index (χ3n) is 8.82. The van der Waals surface area contributed by atoms with Crippen LogP contribution in [-0.2, 0) is 20.4 Å². The van der Waals surface area contributed by atoms with Gasteiger partial charge in [-0.15, -0.1) is 0 Å².